The Morgan fingerprint density at radius 3 is 2.05 bits per heavy atom. The van der Waals surface area contributed by atoms with E-state index in [0.717, 1.165) is 6.42 Å². The van der Waals surface area contributed by atoms with Gasteiger partial charge in [-0.2, -0.15) is 0 Å². The zero-order valence-electron chi connectivity index (χ0n) is 14.5. The summed E-state index contributed by atoms with van der Waals surface area (Å²) in [6, 6.07) is 0. The first-order chi connectivity index (χ1) is 10.2. The van der Waals surface area contributed by atoms with Crippen LogP contribution in [0, 0.1) is 5.92 Å². The van der Waals surface area contributed by atoms with E-state index in [2.05, 4.69) is 70.7 Å². The molecule has 116 valence electrons. The minimum absolute atomic E-state index is 0.444. The molecule has 0 bridgehead atoms. The average Bonchev–Trinajstić information content (AvgIpc) is 2.51. The van der Waals surface area contributed by atoms with Gasteiger partial charge < -0.3 is 0 Å². The van der Waals surface area contributed by atoms with E-state index in [0.29, 0.717) is 14.5 Å². The highest BCUT2D eigenvalue weighted by atomic mass is 31.1. The molecule has 0 aliphatic carbocycles. The molecule has 0 aromatic heterocycles. The molecule has 1 aliphatic heterocycles. The summed E-state index contributed by atoms with van der Waals surface area (Å²) < 4.78 is 0. The lowest BCUT2D eigenvalue weighted by atomic mass is 9.90. The van der Waals surface area contributed by atoms with E-state index in [4.69, 9.17) is 0 Å². The van der Waals surface area contributed by atoms with E-state index in [9.17, 15) is 0 Å². The highest BCUT2D eigenvalue weighted by Crippen LogP contribution is 2.48. The fourth-order valence-corrected chi connectivity index (χ4v) is 3.82. The summed E-state index contributed by atoms with van der Waals surface area (Å²) in [6.07, 6.45) is 16.4. The standard InChI is InChI=1S/C18H25P.C2H6/c1-6-10-13-16-14(5)15(11-7-2)17(9-4)19-18(16)12-8-3;1-2/h7-14,19H,4,6H2,1-3,5H3;1-2H3/b11-7-,12-8-,13-10-;. The first-order valence-electron chi connectivity index (χ1n) is 7.99. The summed E-state index contributed by atoms with van der Waals surface area (Å²) in [6.45, 7) is 16.6. The van der Waals surface area contributed by atoms with Gasteiger partial charge in [-0.15, -0.1) is 0 Å². The molecule has 2 unspecified atom stereocenters. The smallest absolute Gasteiger partial charge is 0.00734 e. The van der Waals surface area contributed by atoms with Crippen molar-refractivity contribution < 1.29 is 0 Å². The minimum Gasteiger partial charge on any atom is -0.0984 e. The zero-order valence-corrected chi connectivity index (χ0v) is 15.5. The first kappa shape index (κ1) is 19.9. The van der Waals surface area contributed by atoms with Crippen LogP contribution in [0.15, 0.2) is 70.9 Å². The van der Waals surface area contributed by atoms with Gasteiger partial charge in [-0.25, -0.2) is 0 Å². The number of hydrogen-bond acceptors (Lipinski definition) is 0. The van der Waals surface area contributed by atoms with Crippen LogP contribution in [0.4, 0.5) is 0 Å². The third-order valence-electron chi connectivity index (χ3n) is 3.24. The molecule has 0 spiro atoms. The second kappa shape index (κ2) is 11.5. The predicted octanol–water partition coefficient (Wildman–Crippen LogP) is 7.15. The van der Waals surface area contributed by atoms with Crippen molar-refractivity contribution in [3.8, 4) is 0 Å². The number of allylic oxidation sites excluding steroid dienone is 11. The SMILES string of the molecule is C=CC1=C(/C=C\C)C(C)C(/C=C\CC)=C(/C=C\C)P1.CC. The highest BCUT2D eigenvalue weighted by Gasteiger charge is 2.21. The molecule has 1 aliphatic rings. The highest BCUT2D eigenvalue weighted by molar-refractivity contribution is 7.48. The Bertz CT molecular complexity index is 470. The molecule has 0 nitrogen and oxygen atoms in total. The predicted molar refractivity (Wildman–Crippen MR) is 102 cm³/mol. The Balaban J connectivity index is 0.00000191. The van der Waals surface area contributed by atoms with Crippen LogP contribution in [-0.4, -0.2) is 0 Å². The van der Waals surface area contributed by atoms with Crippen LogP contribution in [0.25, 0.3) is 0 Å². The first-order valence-corrected chi connectivity index (χ1v) is 8.99. The monoisotopic (exact) mass is 302 g/mol. The average molecular weight is 302 g/mol. The topological polar surface area (TPSA) is 0 Å². The molecule has 1 rings (SSSR count). The molecule has 1 heteroatoms. The van der Waals surface area contributed by atoms with E-state index in [-0.39, 0.29) is 0 Å². The van der Waals surface area contributed by atoms with Gasteiger partial charge in [0.2, 0.25) is 0 Å². The van der Waals surface area contributed by atoms with Crippen LogP contribution >= 0.6 is 8.58 Å². The van der Waals surface area contributed by atoms with Crippen molar-refractivity contribution in [3.63, 3.8) is 0 Å². The quantitative estimate of drug-likeness (QED) is 0.473. The molecular formula is C20H31P. The maximum Gasteiger partial charge on any atom is 0.00734 e. The molecule has 0 fully saturated rings. The largest absolute Gasteiger partial charge is 0.0984 e. The molecule has 0 saturated carbocycles. The third kappa shape index (κ3) is 5.64. The fourth-order valence-electron chi connectivity index (χ4n) is 2.29. The second-order valence-corrected chi connectivity index (χ2v) is 5.93. The molecule has 0 saturated heterocycles. The molecule has 0 aromatic carbocycles. The Hall–Kier alpha value is -1.13. The van der Waals surface area contributed by atoms with Gasteiger partial charge in [-0.1, -0.05) is 85.4 Å². The van der Waals surface area contributed by atoms with Crippen LogP contribution in [0.5, 0.6) is 0 Å². The van der Waals surface area contributed by atoms with E-state index < -0.39 is 0 Å². The van der Waals surface area contributed by atoms with Crippen molar-refractivity contribution in [1.29, 1.82) is 0 Å². The molecule has 21 heavy (non-hydrogen) atoms. The summed E-state index contributed by atoms with van der Waals surface area (Å²) in [5.41, 5.74) is 2.87. The molecule has 1 heterocycles. The lowest BCUT2D eigenvalue weighted by molar-refractivity contribution is 0.837. The van der Waals surface area contributed by atoms with Crippen LogP contribution < -0.4 is 0 Å². The Morgan fingerprint density at radius 1 is 1.00 bits per heavy atom. The summed E-state index contributed by atoms with van der Waals surface area (Å²) in [4.78, 5) is 0. The van der Waals surface area contributed by atoms with Crippen LogP contribution in [0.3, 0.4) is 0 Å². The van der Waals surface area contributed by atoms with Crippen molar-refractivity contribution in [2.75, 3.05) is 0 Å². The van der Waals surface area contributed by atoms with Crippen molar-refractivity contribution in [3.05, 3.63) is 70.9 Å². The van der Waals surface area contributed by atoms with Crippen LogP contribution in [-0.2, 0) is 0 Å². The van der Waals surface area contributed by atoms with Gasteiger partial charge in [0, 0.05) is 5.92 Å². The van der Waals surface area contributed by atoms with Crippen molar-refractivity contribution >= 4 is 8.58 Å². The summed E-state index contributed by atoms with van der Waals surface area (Å²) >= 11 is 0. The molecule has 0 amide bonds. The normalized spacial score (nSPS) is 20.8. The van der Waals surface area contributed by atoms with E-state index >= 15 is 0 Å². The second-order valence-electron chi connectivity index (χ2n) is 4.60. The van der Waals surface area contributed by atoms with Gasteiger partial charge in [-0.05, 0) is 42.0 Å². The maximum absolute atomic E-state index is 3.98. The van der Waals surface area contributed by atoms with Crippen molar-refractivity contribution in [2.45, 2.75) is 48.0 Å². The van der Waals surface area contributed by atoms with Crippen molar-refractivity contribution in [2.24, 2.45) is 5.92 Å². The molecule has 0 radical (unpaired) electrons. The Labute approximate surface area is 133 Å². The van der Waals surface area contributed by atoms with E-state index in [1.54, 1.807) is 0 Å². The summed E-state index contributed by atoms with van der Waals surface area (Å²) in [5, 5.41) is 2.83. The Morgan fingerprint density at radius 2 is 1.57 bits per heavy atom. The number of hydrogen-bond donors (Lipinski definition) is 0. The van der Waals surface area contributed by atoms with Gasteiger partial charge in [-0.3, -0.25) is 0 Å². The van der Waals surface area contributed by atoms with Crippen LogP contribution in [0.1, 0.15) is 48.0 Å². The van der Waals surface area contributed by atoms with Crippen molar-refractivity contribution in [1.82, 2.24) is 0 Å². The number of rotatable bonds is 5. The summed E-state index contributed by atoms with van der Waals surface area (Å²) in [7, 11) is 0.710. The summed E-state index contributed by atoms with van der Waals surface area (Å²) in [5.74, 6) is 0.444. The van der Waals surface area contributed by atoms with Gasteiger partial charge >= 0.3 is 0 Å². The zero-order chi connectivity index (χ0) is 16.3. The van der Waals surface area contributed by atoms with Gasteiger partial charge in [0.15, 0.2) is 0 Å². The minimum atomic E-state index is 0.444. The van der Waals surface area contributed by atoms with E-state index in [1.165, 1.54) is 21.8 Å². The lowest BCUT2D eigenvalue weighted by Crippen LogP contribution is -2.07. The third-order valence-corrected chi connectivity index (χ3v) is 4.73. The molecule has 0 aromatic rings. The maximum atomic E-state index is 3.98. The van der Waals surface area contributed by atoms with E-state index in [1.807, 2.05) is 19.9 Å². The van der Waals surface area contributed by atoms with Gasteiger partial charge in [0.25, 0.3) is 0 Å². The lowest BCUT2D eigenvalue weighted by Gasteiger charge is -2.26. The fraction of sp³-hybridized carbons (Fsp3) is 0.400. The molecular weight excluding hydrogens is 271 g/mol. The Kier molecular flexibility index (Phi) is 10.9. The molecule has 2 atom stereocenters. The molecule has 0 N–H and O–H groups in total. The van der Waals surface area contributed by atoms with Crippen LogP contribution in [0.2, 0.25) is 0 Å². The van der Waals surface area contributed by atoms with Gasteiger partial charge in [0.05, 0.1) is 0 Å². The van der Waals surface area contributed by atoms with Gasteiger partial charge in [0.1, 0.15) is 0 Å².